The Morgan fingerprint density at radius 1 is 0.811 bits per heavy atom. The monoisotopic (exact) mass is 510 g/mol. The molecule has 0 saturated heterocycles. The van der Waals surface area contributed by atoms with Crippen molar-refractivity contribution in [3.05, 3.63) is 90.5 Å². The van der Waals surface area contributed by atoms with Crippen molar-refractivity contribution in [1.29, 1.82) is 0 Å². The molecule has 8 heteroatoms. The lowest BCUT2D eigenvalue weighted by atomic mass is 10.1. The first kappa shape index (κ1) is 24.1. The molecule has 1 heterocycles. The Bertz CT molecular complexity index is 1530. The minimum Gasteiger partial charge on any atom is -0.497 e. The lowest BCUT2D eigenvalue weighted by Crippen LogP contribution is -2.13. The number of thiocarbonyl (C=S) groups is 1. The number of nitrogens with zero attached hydrogens (tertiary/aromatic N) is 1. The molecule has 7 nitrogen and oxygen atoms in total. The van der Waals surface area contributed by atoms with Crippen molar-refractivity contribution in [2.75, 3.05) is 30.6 Å². The maximum atomic E-state index is 6.25. The molecule has 0 aliphatic rings. The lowest BCUT2D eigenvalue weighted by molar-refractivity contribution is 0.300. The quantitative estimate of drug-likeness (QED) is 0.127. The number of ether oxygens (including phenoxy) is 3. The van der Waals surface area contributed by atoms with Gasteiger partial charge in [-0.3, -0.25) is 0 Å². The van der Waals surface area contributed by atoms with Gasteiger partial charge < -0.3 is 30.6 Å². The zero-order valence-corrected chi connectivity index (χ0v) is 21.3. The van der Waals surface area contributed by atoms with E-state index in [9.17, 15) is 0 Å². The second kappa shape index (κ2) is 10.6. The highest BCUT2D eigenvalue weighted by Gasteiger charge is 2.11. The number of nitrogens with two attached hydrogens (primary N) is 1. The van der Waals surface area contributed by atoms with Crippen molar-refractivity contribution >= 4 is 61.9 Å². The van der Waals surface area contributed by atoms with Crippen LogP contribution in [-0.4, -0.2) is 24.4 Å². The van der Waals surface area contributed by atoms with E-state index in [4.69, 9.17) is 37.1 Å². The fourth-order valence-corrected chi connectivity index (χ4v) is 4.35. The van der Waals surface area contributed by atoms with Crippen LogP contribution < -0.4 is 25.8 Å². The minimum absolute atomic E-state index is 0.221. The number of para-hydroxylation sites is 2. The summed E-state index contributed by atoms with van der Waals surface area (Å²) < 4.78 is 16.4. The molecule has 1 aromatic heterocycles. The Hall–Kier alpha value is -4.56. The molecule has 37 heavy (non-hydrogen) atoms. The maximum Gasteiger partial charge on any atom is 0.261 e. The lowest BCUT2D eigenvalue weighted by Gasteiger charge is -2.16. The van der Waals surface area contributed by atoms with E-state index in [1.807, 2.05) is 66.7 Å². The zero-order valence-electron chi connectivity index (χ0n) is 20.4. The van der Waals surface area contributed by atoms with Crippen molar-refractivity contribution in [3.8, 4) is 11.5 Å². The number of anilines is 4. The SMILES string of the molecule is COc1cc(NC(=S)OCc2cc(N)cc(Nc3c4ccccc4nc4ccccc34)c2)cc(OC)c1. The fourth-order valence-electron chi connectivity index (χ4n) is 4.18. The molecule has 0 amide bonds. The first-order valence-electron chi connectivity index (χ1n) is 11.6. The van der Waals surface area contributed by atoms with Crippen molar-refractivity contribution in [1.82, 2.24) is 4.98 Å². The Balaban J connectivity index is 1.36. The number of methoxy groups -OCH3 is 2. The summed E-state index contributed by atoms with van der Waals surface area (Å²) in [4.78, 5) is 4.80. The summed E-state index contributed by atoms with van der Waals surface area (Å²) >= 11 is 5.40. The van der Waals surface area contributed by atoms with E-state index >= 15 is 0 Å². The number of fused-ring (bicyclic) bond motifs is 2. The molecule has 5 rings (SSSR count). The molecule has 4 aromatic carbocycles. The third-order valence-electron chi connectivity index (χ3n) is 5.84. The van der Waals surface area contributed by atoms with Crippen LogP contribution in [0.5, 0.6) is 11.5 Å². The van der Waals surface area contributed by atoms with Gasteiger partial charge in [0.05, 0.1) is 30.9 Å². The van der Waals surface area contributed by atoms with E-state index in [0.717, 1.165) is 38.7 Å². The van der Waals surface area contributed by atoms with Gasteiger partial charge in [-0.25, -0.2) is 4.98 Å². The van der Waals surface area contributed by atoms with Gasteiger partial charge in [0.2, 0.25) is 0 Å². The van der Waals surface area contributed by atoms with Gasteiger partial charge in [-0.1, -0.05) is 36.4 Å². The van der Waals surface area contributed by atoms with Crippen LogP contribution in [0.1, 0.15) is 5.56 Å². The normalized spacial score (nSPS) is 10.8. The van der Waals surface area contributed by atoms with Gasteiger partial charge in [0.15, 0.2) is 0 Å². The van der Waals surface area contributed by atoms with Gasteiger partial charge in [0.25, 0.3) is 5.17 Å². The van der Waals surface area contributed by atoms with E-state index < -0.39 is 0 Å². The van der Waals surface area contributed by atoms with Gasteiger partial charge in [0, 0.05) is 46.0 Å². The number of hydrogen-bond donors (Lipinski definition) is 3. The predicted octanol–water partition coefficient (Wildman–Crippen LogP) is 6.64. The summed E-state index contributed by atoms with van der Waals surface area (Å²) in [6.07, 6.45) is 0. The first-order chi connectivity index (χ1) is 18.0. The van der Waals surface area contributed by atoms with Crippen LogP contribution in [-0.2, 0) is 11.3 Å². The van der Waals surface area contributed by atoms with Gasteiger partial charge in [0.1, 0.15) is 18.1 Å². The van der Waals surface area contributed by atoms with Gasteiger partial charge in [-0.15, -0.1) is 0 Å². The number of nitrogen functional groups attached to an aromatic ring is 1. The van der Waals surface area contributed by atoms with Crippen LogP contribution in [0.2, 0.25) is 0 Å². The third-order valence-corrected chi connectivity index (χ3v) is 6.06. The molecular weight excluding hydrogens is 484 g/mol. The highest BCUT2D eigenvalue weighted by atomic mass is 32.1. The molecular formula is C29H26N4O3S. The molecule has 0 aliphatic carbocycles. The van der Waals surface area contributed by atoms with Crippen LogP contribution in [0.4, 0.5) is 22.7 Å². The molecule has 0 spiro atoms. The van der Waals surface area contributed by atoms with Crippen molar-refractivity contribution in [3.63, 3.8) is 0 Å². The molecule has 0 atom stereocenters. The van der Waals surface area contributed by atoms with E-state index in [1.54, 1.807) is 20.3 Å². The number of hydrogen-bond acceptors (Lipinski definition) is 7. The molecule has 0 radical (unpaired) electrons. The summed E-state index contributed by atoms with van der Waals surface area (Å²) in [7, 11) is 3.19. The average Bonchev–Trinajstić information content (AvgIpc) is 2.91. The Morgan fingerprint density at radius 3 is 2.05 bits per heavy atom. The standard InChI is InChI=1S/C29H26N4O3S/c1-34-22-14-21(15-23(16-22)35-2)32-29(37)36-17-18-11-19(30)13-20(12-18)31-28-24-7-3-5-9-26(24)33-27-10-6-4-8-25(27)28/h3-16H,17,30H2,1-2H3,(H,31,33)(H,32,37). The smallest absolute Gasteiger partial charge is 0.261 e. The maximum absolute atomic E-state index is 6.25. The molecule has 0 aliphatic heterocycles. The van der Waals surface area contributed by atoms with Crippen LogP contribution in [0.3, 0.4) is 0 Å². The number of nitrogens with one attached hydrogen (secondary N) is 2. The van der Waals surface area contributed by atoms with Crippen LogP contribution in [0, 0.1) is 0 Å². The van der Waals surface area contributed by atoms with Gasteiger partial charge >= 0.3 is 0 Å². The van der Waals surface area contributed by atoms with E-state index in [0.29, 0.717) is 22.9 Å². The predicted molar refractivity (Wildman–Crippen MR) is 154 cm³/mol. The van der Waals surface area contributed by atoms with Crippen LogP contribution in [0.15, 0.2) is 84.9 Å². The van der Waals surface area contributed by atoms with E-state index in [-0.39, 0.29) is 11.8 Å². The number of rotatable bonds is 7. The molecule has 0 saturated carbocycles. The van der Waals surface area contributed by atoms with E-state index in [1.165, 1.54) is 0 Å². The van der Waals surface area contributed by atoms with E-state index in [2.05, 4.69) is 22.8 Å². The molecule has 0 fully saturated rings. The molecule has 5 aromatic rings. The minimum atomic E-state index is 0.221. The largest absolute Gasteiger partial charge is 0.497 e. The molecule has 0 unspecified atom stereocenters. The highest BCUT2D eigenvalue weighted by Crippen LogP contribution is 2.34. The first-order valence-corrected chi connectivity index (χ1v) is 12.0. The van der Waals surface area contributed by atoms with Crippen molar-refractivity contribution in [2.24, 2.45) is 0 Å². The Morgan fingerprint density at radius 2 is 1.43 bits per heavy atom. The topological polar surface area (TPSA) is 90.7 Å². The molecule has 0 bridgehead atoms. The fraction of sp³-hybridized carbons (Fsp3) is 0.103. The number of pyridine rings is 1. The zero-order chi connectivity index (χ0) is 25.8. The molecule has 186 valence electrons. The summed E-state index contributed by atoms with van der Waals surface area (Å²) in [5.74, 6) is 1.29. The Kier molecular flexibility index (Phi) is 6.91. The van der Waals surface area contributed by atoms with Crippen molar-refractivity contribution in [2.45, 2.75) is 6.61 Å². The summed E-state index contributed by atoms with van der Waals surface area (Å²) in [6.45, 7) is 0.241. The Labute approximate surface area is 220 Å². The van der Waals surface area contributed by atoms with Crippen LogP contribution in [0.25, 0.3) is 21.8 Å². The highest BCUT2D eigenvalue weighted by molar-refractivity contribution is 7.80. The summed E-state index contributed by atoms with van der Waals surface area (Å²) in [5, 5.41) is 8.92. The number of aromatic nitrogens is 1. The van der Waals surface area contributed by atoms with Gasteiger partial charge in [-0.05, 0) is 48.1 Å². The summed E-state index contributed by atoms with van der Waals surface area (Å²) in [5.41, 5.74) is 12.1. The number of benzene rings is 4. The van der Waals surface area contributed by atoms with Gasteiger partial charge in [-0.2, -0.15) is 0 Å². The second-order valence-corrected chi connectivity index (χ2v) is 8.78. The third kappa shape index (κ3) is 5.49. The second-order valence-electron chi connectivity index (χ2n) is 8.41. The summed E-state index contributed by atoms with van der Waals surface area (Å²) in [6, 6.07) is 27.3. The van der Waals surface area contributed by atoms with Crippen molar-refractivity contribution < 1.29 is 14.2 Å². The average molecular weight is 511 g/mol. The molecule has 4 N–H and O–H groups in total. The van der Waals surface area contributed by atoms with Crippen LogP contribution >= 0.6 is 12.2 Å².